The van der Waals surface area contributed by atoms with Crippen molar-refractivity contribution in [3.8, 4) is 5.75 Å². The van der Waals surface area contributed by atoms with Gasteiger partial charge in [0.05, 0.1) is 12.7 Å². The zero-order chi connectivity index (χ0) is 16.2. The zero-order valence-electron chi connectivity index (χ0n) is 14.6. The van der Waals surface area contributed by atoms with Crippen LogP contribution in [0.4, 0.5) is 0 Å². The number of carbonyl (C=O) groups excluding carboxylic acids is 1. The molecule has 132 valence electrons. The van der Waals surface area contributed by atoms with Gasteiger partial charge in [0.15, 0.2) is 0 Å². The molecule has 1 aliphatic heterocycles. The predicted molar refractivity (Wildman–Crippen MR) is 95.2 cm³/mol. The number of Topliss-reactive ketones (excluding diaryl/α,β-unsaturated/α-hetero) is 1. The van der Waals surface area contributed by atoms with Crippen molar-refractivity contribution in [2.75, 3.05) is 20.8 Å². The van der Waals surface area contributed by atoms with E-state index in [2.05, 4.69) is 24.4 Å². The number of rotatable bonds is 2. The Labute approximate surface area is 149 Å². The topological polar surface area (TPSA) is 47.6 Å². The first-order valence-electron chi connectivity index (χ1n) is 8.55. The average Bonchev–Trinajstić information content (AvgIpc) is 2.54. The fraction of sp³-hybridized carbons (Fsp3) is 0.632. The van der Waals surface area contributed by atoms with Crippen LogP contribution in [0.15, 0.2) is 18.2 Å². The van der Waals surface area contributed by atoms with Crippen molar-refractivity contribution in [2.24, 2.45) is 5.92 Å². The summed E-state index contributed by atoms with van der Waals surface area (Å²) in [6, 6.07) is 6.61. The molecular weight excluding hydrogens is 326 g/mol. The predicted octanol–water partition coefficient (Wildman–Crippen LogP) is 2.66. The molecule has 1 saturated carbocycles. The molecule has 2 bridgehead atoms. The van der Waals surface area contributed by atoms with Crippen LogP contribution >= 0.6 is 12.4 Å². The van der Waals surface area contributed by atoms with Crippen molar-refractivity contribution in [3.63, 3.8) is 0 Å². The molecule has 1 saturated heterocycles. The molecule has 0 unspecified atom stereocenters. The van der Waals surface area contributed by atoms with Gasteiger partial charge in [0.2, 0.25) is 0 Å². The first-order chi connectivity index (χ1) is 11.1. The molecule has 2 fully saturated rings. The molecule has 1 aromatic rings. The minimum atomic E-state index is -0.307. The highest BCUT2D eigenvalue weighted by atomic mass is 35.5. The van der Waals surface area contributed by atoms with E-state index in [-0.39, 0.29) is 35.4 Å². The zero-order valence-corrected chi connectivity index (χ0v) is 15.4. The van der Waals surface area contributed by atoms with Crippen LogP contribution in [0.3, 0.4) is 0 Å². The van der Waals surface area contributed by atoms with Gasteiger partial charge in [0, 0.05) is 31.4 Å². The Hall–Kier alpha value is -1.10. The van der Waals surface area contributed by atoms with Crippen LogP contribution in [0, 0.1) is 5.92 Å². The lowest BCUT2D eigenvalue weighted by atomic mass is 9.47. The molecule has 4 nitrogen and oxygen atoms in total. The molecule has 5 heteroatoms. The van der Waals surface area contributed by atoms with E-state index in [4.69, 9.17) is 9.47 Å². The molecule has 4 rings (SSSR count). The lowest BCUT2D eigenvalue weighted by Gasteiger charge is -2.64. The third-order valence-electron chi connectivity index (χ3n) is 6.57. The highest BCUT2D eigenvalue weighted by molar-refractivity contribution is 5.85. The molecule has 0 spiro atoms. The Kier molecular flexibility index (Phi) is 4.44. The van der Waals surface area contributed by atoms with Crippen molar-refractivity contribution in [1.82, 2.24) is 5.32 Å². The van der Waals surface area contributed by atoms with Crippen molar-refractivity contribution in [2.45, 2.75) is 49.7 Å². The summed E-state index contributed by atoms with van der Waals surface area (Å²) in [6.07, 6.45) is 3.09. The maximum Gasteiger partial charge on any atom is 0.134 e. The Morgan fingerprint density at radius 1 is 1.25 bits per heavy atom. The summed E-state index contributed by atoms with van der Waals surface area (Å²) in [6.45, 7) is 3.12. The van der Waals surface area contributed by atoms with Crippen LogP contribution < -0.4 is 10.1 Å². The maximum absolute atomic E-state index is 12.5. The van der Waals surface area contributed by atoms with Crippen molar-refractivity contribution in [3.05, 3.63) is 29.3 Å². The van der Waals surface area contributed by atoms with Gasteiger partial charge in [-0.15, -0.1) is 12.4 Å². The van der Waals surface area contributed by atoms with E-state index in [0.29, 0.717) is 18.6 Å². The van der Waals surface area contributed by atoms with E-state index >= 15 is 0 Å². The van der Waals surface area contributed by atoms with E-state index < -0.39 is 0 Å². The molecular formula is C19H26ClNO3. The van der Waals surface area contributed by atoms with Gasteiger partial charge >= 0.3 is 0 Å². The number of fused-ring (bicyclic) bond motifs is 1. The molecule has 0 aromatic heterocycles. The van der Waals surface area contributed by atoms with E-state index in [0.717, 1.165) is 25.1 Å². The van der Waals surface area contributed by atoms with Gasteiger partial charge in [-0.05, 0) is 48.6 Å². The molecule has 0 amide bonds. The van der Waals surface area contributed by atoms with Crippen LogP contribution in [0.1, 0.15) is 37.3 Å². The van der Waals surface area contributed by atoms with Crippen LogP contribution in [-0.2, 0) is 21.4 Å². The monoisotopic (exact) mass is 351 g/mol. The lowest BCUT2D eigenvalue weighted by Crippen LogP contribution is -2.76. The Balaban J connectivity index is 0.00000169. The number of ketones is 1. The van der Waals surface area contributed by atoms with E-state index in [9.17, 15) is 4.79 Å². The van der Waals surface area contributed by atoms with Gasteiger partial charge in [-0.3, -0.25) is 4.79 Å². The van der Waals surface area contributed by atoms with E-state index in [1.807, 2.05) is 13.2 Å². The number of nitrogens with one attached hydrogen (secondary N) is 1. The average molecular weight is 352 g/mol. The summed E-state index contributed by atoms with van der Waals surface area (Å²) < 4.78 is 11.7. The normalized spacial score (nSPS) is 37.0. The molecule has 24 heavy (non-hydrogen) atoms. The second-order valence-electron chi connectivity index (χ2n) is 7.38. The standard InChI is InChI=1S/C19H25NO3.ClH/c1-12-8-14(21)11-18-6-7-20-17(19(12,18)23-3)9-13-4-5-15(22-2)10-16(13)18;/h4-5,10,12,17,20H,6-9,11H2,1-3H3;1H/t12-,17+,18-,19+;/m0./s1. The van der Waals surface area contributed by atoms with Crippen molar-refractivity contribution < 1.29 is 14.3 Å². The number of ether oxygens (including phenoxy) is 2. The fourth-order valence-corrected chi connectivity index (χ4v) is 5.81. The van der Waals surface area contributed by atoms with Crippen LogP contribution in [0.25, 0.3) is 0 Å². The number of halogens is 1. The quantitative estimate of drug-likeness (QED) is 0.890. The summed E-state index contributed by atoms with van der Waals surface area (Å²) in [5, 5.41) is 3.68. The third-order valence-corrected chi connectivity index (χ3v) is 6.57. The van der Waals surface area contributed by atoms with Gasteiger partial charge < -0.3 is 14.8 Å². The smallest absolute Gasteiger partial charge is 0.134 e. The SMILES string of the molecule is COc1ccc2c(c1)[C@@]13CCN[C@H](C2)[C@]1(OC)[C@@H](C)CC(=O)C3.Cl. The Morgan fingerprint density at radius 3 is 2.75 bits per heavy atom. The van der Waals surface area contributed by atoms with Crippen LogP contribution in [0.2, 0.25) is 0 Å². The minimum absolute atomic E-state index is 0. The minimum Gasteiger partial charge on any atom is -0.497 e. The number of benzene rings is 1. The van der Waals surface area contributed by atoms with Crippen molar-refractivity contribution in [1.29, 1.82) is 0 Å². The van der Waals surface area contributed by atoms with Gasteiger partial charge in [0.1, 0.15) is 11.5 Å². The molecule has 1 heterocycles. The van der Waals surface area contributed by atoms with Gasteiger partial charge in [-0.2, -0.15) is 0 Å². The third kappa shape index (κ3) is 2.03. The lowest BCUT2D eigenvalue weighted by molar-refractivity contribution is -0.182. The van der Waals surface area contributed by atoms with E-state index in [1.165, 1.54) is 11.1 Å². The first kappa shape index (κ1) is 17.7. The largest absolute Gasteiger partial charge is 0.497 e. The van der Waals surface area contributed by atoms with Crippen LogP contribution in [0.5, 0.6) is 5.75 Å². The summed E-state index contributed by atoms with van der Waals surface area (Å²) in [5.41, 5.74) is 2.07. The number of methoxy groups -OCH3 is 2. The van der Waals surface area contributed by atoms with Crippen molar-refractivity contribution >= 4 is 18.2 Å². The highest BCUT2D eigenvalue weighted by Gasteiger charge is 2.66. The molecule has 3 aliphatic rings. The van der Waals surface area contributed by atoms with Gasteiger partial charge in [0.25, 0.3) is 0 Å². The fourth-order valence-electron chi connectivity index (χ4n) is 5.81. The number of carbonyl (C=O) groups is 1. The van der Waals surface area contributed by atoms with Gasteiger partial charge in [-0.25, -0.2) is 0 Å². The Morgan fingerprint density at radius 2 is 2.04 bits per heavy atom. The first-order valence-corrected chi connectivity index (χ1v) is 8.55. The highest BCUT2D eigenvalue weighted by Crippen LogP contribution is 2.59. The second-order valence-corrected chi connectivity index (χ2v) is 7.38. The number of hydrogen-bond donors (Lipinski definition) is 1. The Bertz CT molecular complexity index is 664. The molecule has 4 atom stereocenters. The molecule has 1 N–H and O–H groups in total. The summed E-state index contributed by atoms with van der Waals surface area (Å²) in [5.74, 6) is 1.44. The molecule has 0 radical (unpaired) electrons. The second kappa shape index (κ2) is 6.01. The summed E-state index contributed by atoms with van der Waals surface area (Å²) in [4.78, 5) is 12.5. The summed E-state index contributed by atoms with van der Waals surface area (Å²) in [7, 11) is 3.53. The number of hydrogen-bond acceptors (Lipinski definition) is 4. The molecule has 2 aliphatic carbocycles. The van der Waals surface area contributed by atoms with Crippen LogP contribution in [-0.4, -0.2) is 38.2 Å². The maximum atomic E-state index is 12.5. The van der Waals surface area contributed by atoms with Gasteiger partial charge in [-0.1, -0.05) is 13.0 Å². The molecule has 1 aromatic carbocycles. The number of piperidine rings is 1. The van der Waals surface area contributed by atoms with E-state index in [1.54, 1.807) is 7.11 Å². The summed E-state index contributed by atoms with van der Waals surface area (Å²) >= 11 is 0.